The van der Waals surface area contributed by atoms with Crippen LogP contribution in [0.4, 0.5) is 0 Å². The summed E-state index contributed by atoms with van der Waals surface area (Å²) in [7, 11) is -1.02. The zero-order chi connectivity index (χ0) is 12.9. The lowest BCUT2D eigenvalue weighted by Gasteiger charge is -2.15. The fourth-order valence-corrected chi connectivity index (χ4v) is 1.99. The Morgan fingerprint density at radius 3 is 2.59 bits per heavy atom. The van der Waals surface area contributed by atoms with Crippen molar-refractivity contribution in [2.45, 2.75) is 13.1 Å². The first kappa shape index (κ1) is 14.1. The molecule has 5 nitrogen and oxygen atoms in total. The van der Waals surface area contributed by atoms with Gasteiger partial charge in [-0.1, -0.05) is 6.07 Å². The average Bonchev–Trinajstić information content (AvgIpc) is 2.27. The fourth-order valence-electron chi connectivity index (χ4n) is 1.35. The molecule has 0 saturated carbocycles. The lowest BCUT2D eigenvalue weighted by molar-refractivity contribution is 0.342. The molecule has 0 bridgehead atoms. The lowest BCUT2D eigenvalue weighted by Crippen LogP contribution is -2.25. The smallest absolute Gasteiger partial charge is 0.148 e. The number of hydrogen-bond acceptors (Lipinski definition) is 5. The third-order valence-corrected chi connectivity index (χ3v) is 3.32. The Labute approximate surface area is 103 Å². The molecule has 0 aliphatic carbocycles. The van der Waals surface area contributed by atoms with E-state index in [1.165, 1.54) is 6.26 Å². The molecule has 0 fully saturated rings. The molecule has 96 valence electrons. The highest BCUT2D eigenvalue weighted by Crippen LogP contribution is 2.02. The van der Waals surface area contributed by atoms with Crippen molar-refractivity contribution in [2.24, 2.45) is 5.73 Å². The van der Waals surface area contributed by atoms with E-state index in [1.54, 1.807) is 6.20 Å². The molecule has 1 rings (SSSR count). The molecule has 0 atom stereocenters. The van der Waals surface area contributed by atoms with Crippen LogP contribution in [0.15, 0.2) is 18.3 Å². The maximum Gasteiger partial charge on any atom is 0.148 e. The summed E-state index contributed by atoms with van der Waals surface area (Å²) in [5.41, 5.74) is 7.39. The van der Waals surface area contributed by atoms with Gasteiger partial charge in [0.2, 0.25) is 0 Å². The molecule has 1 heterocycles. The first-order chi connectivity index (χ1) is 7.90. The van der Waals surface area contributed by atoms with Gasteiger partial charge in [0, 0.05) is 32.1 Å². The number of nitrogens with two attached hydrogens (primary N) is 1. The van der Waals surface area contributed by atoms with Crippen LogP contribution in [0.3, 0.4) is 0 Å². The summed E-state index contributed by atoms with van der Waals surface area (Å²) in [5, 5.41) is 0. The zero-order valence-corrected chi connectivity index (χ0v) is 11.1. The summed E-state index contributed by atoms with van der Waals surface area (Å²) in [4.78, 5) is 6.20. The number of pyridine rings is 1. The van der Waals surface area contributed by atoms with Gasteiger partial charge >= 0.3 is 0 Å². The van der Waals surface area contributed by atoms with Crippen LogP contribution in [0, 0.1) is 0 Å². The molecule has 0 saturated heterocycles. The van der Waals surface area contributed by atoms with E-state index in [2.05, 4.69) is 4.98 Å². The van der Waals surface area contributed by atoms with Gasteiger partial charge in [-0.2, -0.15) is 0 Å². The number of aromatic nitrogens is 1. The zero-order valence-electron chi connectivity index (χ0n) is 10.3. The number of sulfone groups is 1. The Morgan fingerprint density at radius 2 is 2.12 bits per heavy atom. The van der Waals surface area contributed by atoms with Crippen LogP contribution < -0.4 is 5.73 Å². The summed E-state index contributed by atoms with van der Waals surface area (Å²) >= 11 is 0. The fraction of sp³-hybridized carbons (Fsp3) is 0.545. The van der Waals surface area contributed by atoms with Gasteiger partial charge in [-0.15, -0.1) is 0 Å². The van der Waals surface area contributed by atoms with E-state index in [1.807, 2.05) is 24.1 Å². The third-order valence-electron chi connectivity index (χ3n) is 2.40. The number of nitrogens with zero attached hydrogens (tertiary/aromatic N) is 2. The van der Waals surface area contributed by atoms with Crippen LogP contribution in [0.2, 0.25) is 0 Å². The summed E-state index contributed by atoms with van der Waals surface area (Å²) < 4.78 is 22.0. The molecule has 0 aliphatic heterocycles. The normalized spacial score (nSPS) is 12.0. The van der Waals surface area contributed by atoms with E-state index in [0.29, 0.717) is 19.6 Å². The molecule has 0 radical (unpaired) electrons. The van der Waals surface area contributed by atoms with Gasteiger partial charge in [0.25, 0.3) is 0 Å². The highest BCUT2D eigenvalue weighted by Gasteiger charge is 2.06. The minimum atomic E-state index is -2.90. The molecule has 0 spiro atoms. The molecule has 1 aromatic rings. The first-order valence-electron chi connectivity index (χ1n) is 5.41. The number of hydrogen-bond donors (Lipinski definition) is 1. The Hall–Kier alpha value is -0.980. The van der Waals surface area contributed by atoms with Crippen molar-refractivity contribution in [1.29, 1.82) is 0 Å². The summed E-state index contributed by atoms with van der Waals surface area (Å²) in [5.74, 6) is 0.171. The lowest BCUT2D eigenvalue weighted by atomic mass is 10.2. The van der Waals surface area contributed by atoms with E-state index in [4.69, 9.17) is 5.73 Å². The summed E-state index contributed by atoms with van der Waals surface area (Å²) in [6.45, 7) is 1.64. The second kappa shape index (κ2) is 6.09. The van der Waals surface area contributed by atoms with E-state index >= 15 is 0 Å². The molecule has 0 amide bonds. The van der Waals surface area contributed by atoms with Gasteiger partial charge in [0.05, 0.1) is 11.4 Å². The quantitative estimate of drug-likeness (QED) is 0.777. The van der Waals surface area contributed by atoms with Gasteiger partial charge < -0.3 is 5.73 Å². The Bertz CT molecular complexity index is 442. The highest BCUT2D eigenvalue weighted by atomic mass is 32.2. The molecular weight excluding hydrogens is 238 g/mol. The molecular formula is C11H19N3O2S. The molecule has 17 heavy (non-hydrogen) atoms. The summed E-state index contributed by atoms with van der Waals surface area (Å²) in [6, 6.07) is 3.85. The van der Waals surface area contributed by atoms with E-state index in [9.17, 15) is 8.42 Å². The highest BCUT2D eigenvalue weighted by molar-refractivity contribution is 7.90. The standard InChI is InChI=1S/C11H19N3O2S/c1-14(5-6-17(2,15)16)9-11-4-3-10(7-12)8-13-11/h3-4,8H,5-7,9,12H2,1-2H3. The van der Waals surface area contributed by atoms with Gasteiger partial charge in [0.1, 0.15) is 9.84 Å². The molecule has 0 aliphatic rings. The van der Waals surface area contributed by atoms with Gasteiger partial charge in [-0.3, -0.25) is 9.88 Å². The van der Waals surface area contributed by atoms with Crippen molar-refractivity contribution >= 4 is 9.84 Å². The van der Waals surface area contributed by atoms with E-state index < -0.39 is 9.84 Å². The van der Waals surface area contributed by atoms with Crippen molar-refractivity contribution in [1.82, 2.24) is 9.88 Å². The molecule has 1 aromatic heterocycles. The summed E-state index contributed by atoms with van der Waals surface area (Å²) in [6.07, 6.45) is 2.99. The molecule has 0 unspecified atom stereocenters. The van der Waals surface area contributed by atoms with Crippen LogP contribution in [-0.2, 0) is 22.9 Å². The van der Waals surface area contributed by atoms with Crippen molar-refractivity contribution in [2.75, 3.05) is 25.6 Å². The van der Waals surface area contributed by atoms with E-state index in [0.717, 1.165) is 11.3 Å². The van der Waals surface area contributed by atoms with Crippen LogP contribution in [-0.4, -0.2) is 43.9 Å². The minimum absolute atomic E-state index is 0.171. The predicted octanol–water partition coefficient (Wildman–Crippen LogP) is 0.0167. The van der Waals surface area contributed by atoms with Crippen molar-refractivity contribution < 1.29 is 8.42 Å². The molecule has 6 heteroatoms. The van der Waals surface area contributed by atoms with Crippen LogP contribution >= 0.6 is 0 Å². The number of rotatable bonds is 6. The Kier molecular flexibility index (Phi) is 5.04. The average molecular weight is 257 g/mol. The maximum atomic E-state index is 11.0. The van der Waals surface area contributed by atoms with Crippen molar-refractivity contribution in [3.63, 3.8) is 0 Å². The Balaban J connectivity index is 2.47. The van der Waals surface area contributed by atoms with Crippen LogP contribution in [0.1, 0.15) is 11.3 Å². The monoisotopic (exact) mass is 257 g/mol. The predicted molar refractivity (Wildman–Crippen MR) is 68.2 cm³/mol. The SMILES string of the molecule is CN(CCS(C)(=O)=O)Cc1ccc(CN)cn1. The molecule has 0 aromatic carbocycles. The second-order valence-corrected chi connectivity index (χ2v) is 6.49. The van der Waals surface area contributed by atoms with Crippen molar-refractivity contribution in [3.8, 4) is 0 Å². The largest absolute Gasteiger partial charge is 0.326 e. The van der Waals surface area contributed by atoms with Crippen LogP contribution in [0.25, 0.3) is 0 Å². The van der Waals surface area contributed by atoms with Gasteiger partial charge in [-0.05, 0) is 18.7 Å². The topological polar surface area (TPSA) is 76.3 Å². The van der Waals surface area contributed by atoms with Gasteiger partial charge in [-0.25, -0.2) is 8.42 Å². The van der Waals surface area contributed by atoms with Gasteiger partial charge in [0.15, 0.2) is 0 Å². The van der Waals surface area contributed by atoms with Crippen LogP contribution in [0.5, 0.6) is 0 Å². The Morgan fingerprint density at radius 1 is 1.41 bits per heavy atom. The first-order valence-corrected chi connectivity index (χ1v) is 7.47. The third kappa shape index (κ3) is 5.76. The second-order valence-electron chi connectivity index (χ2n) is 4.23. The maximum absolute atomic E-state index is 11.0. The van der Waals surface area contributed by atoms with Crippen molar-refractivity contribution in [3.05, 3.63) is 29.6 Å². The van der Waals surface area contributed by atoms with E-state index in [-0.39, 0.29) is 5.75 Å². The molecule has 2 N–H and O–H groups in total. The minimum Gasteiger partial charge on any atom is -0.326 e.